The summed E-state index contributed by atoms with van der Waals surface area (Å²) in [6.07, 6.45) is 0. The summed E-state index contributed by atoms with van der Waals surface area (Å²) in [5, 5.41) is 9.06. The van der Waals surface area contributed by atoms with Crippen molar-refractivity contribution in [3.8, 4) is 17.6 Å². The molecule has 0 atom stereocenters. The maximum atomic E-state index is 13.0. The molecule has 0 radical (unpaired) electrons. The van der Waals surface area contributed by atoms with Gasteiger partial charge in [-0.25, -0.2) is 4.39 Å². The zero-order valence-corrected chi connectivity index (χ0v) is 12.1. The fourth-order valence-corrected chi connectivity index (χ4v) is 2.24. The van der Waals surface area contributed by atoms with Gasteiger partial charge in [-0.05, 0) is 62.2 Å². The first-order valence-electron chi connectivity index (χ1n) is 4.93. The van der Waals surface area contributed by atoms with E-state index in [-0.39, 0.29) is 5.82 Å². The molecule has 2 nitrogen and oxygen atoms in total. The van der Waals surface area contributed by atoms with Crippen LogP contribution < -0.4 is 4.74 Å². The number of hydrogen-bond donors (Lipinski definition) is 0. The Morgan fingerprint density at radius 3 is 2.50 bits per heavy atom. The lowest BCUT2D eigenvalue weighted by molar-refractivity contribution is 0.475. The molecule has 0 aliphatic rings. The average Bonchev–Trinajstić information content (AvgIpc) is 2.33. The molecule has 0 fully saturated rings. The molecule has 5 heteroatoms. The number of rotatable bonds is 2. The Balaban J connectivity index is 2.41. The fraction of sp³-hybridized carbons (Fsp3) is 0. The van der Waals surface area contributed by atoms with E-state index in [4.69, 9.17) is 10.00 Å². The van der Waals surface area contributed by atoms with Gasteiger partial charge in [-0.15, -0.1) is 0 Å². The molecule has 0 amide bonds. The van der Waals surface area contributed by atoms with E-state index in [9.17, 15) is 4.39 Å². The van der Waals surface area contributed by atoms with Crippen molar-refractivity contribution in [2.75, 3.05) is 0 Å². The first-order chi connectivity index (χ1) is 8.61. The van der Waals surface area contributed by atoms with Gasteiger partial charge in [0.1, 0.15) is 28.9 Å². The van der Waals surface area contributed by atoms with E-state index in [1.807, 2.05) is 0 Å². The normalized spacial score (nSPS) is 9.89. The third-order valence-corrected chi connectivity index (χ3v) is 3.48. The van der Waals surface area contributed by atoms with Gasteiger partial charge in [0.15, 0.2) is 0 Å². The molecule has 18 heavy (non-hydrogen) atoms. The van der Waals surface area contributed by atoms with Gasteiger partial charge in [-0.2, -0.15) is 5.26 Å². The third-order valence-electron chi connectivity index (χ3n) is 2.20. The predicted molar refractivity (Wildman–Crippen MR) is 73.0 cm³/mol. The number of hydrogen-bond acceptors (Lipinski definition) is 2. The summed E-state index contributed by atoms with van der Waals surface area (Å²) in [5.74, 6) is 0.508. The molecule has 0 spiro atoms. The molecule has 2 aromatic rings. The summed E-state index contributed by atoms with van der Waals surface area (Å²) in [6, 6.07) is 11.4. The van der Waals surface area contributed by atoms with E-state index in [1.165, 1.54) is 18.2 Å². The predicted octanol–water partition coefficient (Wildman–Crippen LogP) is 5.01. The lowest BCUT2D eigenvalue weighted by Crippen LogP contribution is -1.90. The molecule has 90 valence electrons. The van der Waals surface area contributed by atoms with E-state index in [0.717, 1.165) is 0 Å². The quantitative estimate of drug-likeness (QED) is 0.743. The molecule has 0 heterocycles. The lowest BCUT2D eigenvalue weighted by atomic mass is 10.2. The molecular weight excluding hydrogens is 365 g/mol. The van der Waals surface area contributed by atoms with Gasteiger partial charge in [0.25, 0.3) is 0 Å². The van der Waals surface area contributed by atoms with E-state index < -0.39 is 0 Å². The van der Waals surface area contributed by atoms with Gasteiger partial charge < -0.3 is 4.74 Å². The number of halogens is 3. The van der Waals surface area contributed by atoms with Crippen molar-refractivity contribution in [2.24, 2.45) is 0 Å². The highest BCUT2D eigenvalue weighted by Crippen LogP contribution is 2.34. The maximum absolute atomic E-state index is 13.0. The Kier molecular flexibility index (Phi) is 4.00. The Morgan fingerprint density at radius 1 is 1.06 bits per heavy atom. The van der Waals surface area contributed by atoms with E-state index in [2.05, 4.69) is 37.9 Å². The molecule has 0 aliphatic heterocycles. The number of ether oxygens (including phenoxy) is 1. The minimum atomic E-state index is -0.357. The molecule has 0 aromatic heterocycles. The molecule has 2 rings (SSSR count). The third kappa shape index (κ3) is 2.71. The molecule has 0 saturated heterocycles. The molecular formula is C13H6Br2FNO. The second kappa shape index (κ2) is 5.51. The van der Waals surface area contributed by atoms with Crippen LogP contribution in [-0.4, -0.2) is 0 Å². The summed E-state index contributed by atoms with van der Waals surface area (Å²) >= 11 is 6.49. The first-order valence-corrected chi connectivity index (χ1v) is 6.52. The molecule has 0 aliphatic carbocycles. The van der Waals surface area contributed by atoms with Crippen LogP contribution in [0.2, 0.25) is 0 Å². The van der Waals surface area contributed by atoms with Gasteiger partial charge in [0, 0.05) is 4.47 Å². The highest BCUT2D eigenvalue weighted by molar-refractivity contribution is 9.10. The highest BCUT2D eigenvalue weighted by Gasteiger charge is 2.10. The van der Waals surface area contributed by atoms with Gasteiger partial charge >= 0.3 is 0 Å². The van der Waals surface area contributed by atoms with E-state index >= 15 is 0 Å². The van der Waals surface area contributed by atoms with Crippen molar-refractivity contribution in [2.45, 2.75) is 0 Å². The minimum absolute atomic E-state index is 0.357. The van der Waals surface area contributed by atoms with Crippen LogP contribution in [-0.2, 0) is 0 Å². The minimum Gasteiger partial charge on any atom is -0.455 e. The molecule has 0 bridgehead atoms. The van der Waals surface area contributed by atoms with Crippen molar-refractivity contribution in [3.05, 3.63) is 56.7 Å². The van der Waals surface area contributed by atoms with Crippen molar-refractivity contribution < 1.29 is 9.13 Å². The van der Waals surface area contributed by atoms with Crippen LogP contribution in [0.5, 0.6) is 11.5 Å². The van der Waals surface area contributed by atoms with Crippen LogP contribution in [0.15, 0.2) is 45.3 Å². The number of nitrogens with zero attached hydrogens (tertiary/aromatic N) is 1. The number of nitriles is 1. The maximum Gasteiger partial charge on any atom is 0.146 e. The summed E-state index contributed by atoms with van der Waals surface area (Å²) < 4.78 is 19.7. The molecule has 0 unspecified atom stereocenters. The van der Waals surface area contributed by atoms with Gasteiger partial charge in [-0.1, -0.05) is 6.07 Å². The van der Waals surface area contributed by atoms with E-state index in [1.54, 1.807) is 18.2 Å². The first kappa shape index (κ1) is 13.1. The zero-order valence-electron chi connectivity index (χ0n) is 8.95. The second-order valence-corrected chi connectivity index (χ2v) is 5.11. The summed E-state index contributed by atoms with van der Waals surface area (Å²) in [6.45, 7) is 0. The van der Waals surface area contributed by atoms with Crippen molar-refractivity contribution in [3.63, 3.8) is 0 Å². The Bertz CT molecular complexity index is 637. The smallest absolute Gasteiger partial charge is 0.146 e. The van der Waals surface area contributed by atoms with Crippen LogP contribution in [0.25, 0.3) is 0 Å². The summed E-state index contributed by atoms with van der Waals surface area (Å²) in [5.41, 5.74) is 0.397. The molecule has 2 aromatic carbocycles. The Hall–Kier alpha value is -1.38. The lowest BCUT2D eigenvalue weighted by Gasteiger charge is -2.09. The monoisotopic (exact) mass is 369 g/mol. The van der Waals surface area contributed by atoms with Gasteiger partial charge in [0.2, 0.25) is 0 Å². The van der Waals surface area contributed by atoms with Crippen LogP contribution in [0, 0.1) is 17.1 Å². The van der Waals surface area contributed by atoms with Crippen LogP contribution in [0.4, 0.5) is 4.39 Å². The SMILES string of the molecule is N#Cc1c(Br)cccc1Oc1ccc(F)cc1Br. The molecule has 0 saturated carbocycles. The topological polar surface area (TPSA) is 33.0 Å². The van der Waals surface area contributed by atoms with Crippen molar-refractivity contribution in [1.29, 1.82) is 5.26 Å². The second-order valence-electron chi connectivity index (χ2n) is 3.40. The Labute approximate surface area is 120 Å². The van der Waals surface area contributed by atoms with E-state index in [0.29, 0.717) is 26.0 Å². The van der Waals surface area contributed by atoms with Gasteiger partial charge in [-0.3, -0.25) is 0 Å². The zero-order chi connectivity index (χ0) is 13.1. The molecule has 0 N–H and O–H groups in total. The average molecular weight is 371 g/mol. The van der Waals surface area contributed by atoms with Gasteiger partial charge in [0.05, 0.1) is 4.47 Å². The summed E-state index contributed by atoms with van der Waals surface area (Å²) in [7, 11) is 0. The van der Waals surface area contributed by atoms with Crippen LogP contribution in [0.3, 0.4) is 0 Å². The van der Waals surface area contributed by atoms with Crippen molar-refractivity contribution >= 4 is 31.9 Å². The number of benzene rings is 2. The Morgan fingerprint density at radius 2 is 1.83 bits per heavy atom. The largest absolute Gasteiger partial charge is 0.455 e. The van der Waals surface area contributed by atoms with Crippen molar-refractivity contribution in [1.82, 2.24) is 0 Å². The fourth-order valence-electron chi connectivity index (χ4n) is 1.37. The van der Waals surface area contributed by atoms with Crippen LogP contribution >= 0.6 is 31.9 Å². The standard InChI is InChI=1S/C13H6Br2FNO/c14-10-2-1-3-12(9(10)7-17)18-13-5-4-8(16)6-11(13)15/h1-6H. The van der Waals surface area contributed by atoms with Crippen LogP contribution in [0.1, 0.15) is 5.56 Å². The highest BCUT2D eigenvalue weighted by atomic mass is 79.9. The summed E-state index contributed by atoms with van der Waals surface area (Å²) in [4.78, 5) is 0.